The first-order valence-electron chi connectivity index (χ1n) is 11.9. The number of hydrogen-bond donors (Lipinski definition) is 0. The molecular formula is C27H36N2O. The Balaban J connectivity index is 1.19. The molecule has 2 heterocycles. The van der Waals surface area contributed by atoms with Gasteiger partial charge >= 0.3 is 0 Å². The fourth-order valence-electron chi connectivity index (χ4n) is 5.17. The molecule has 2 aliphatic rings. The van der Waals surface area contributed by atoms with Crippen LogP contribution in [-0.2, 0) is 17.6 Å². The van der Waals surface area contributed by atoms with Crippen LogP contribution in [0.5, 0.6) is 0 Å². The van der Waals surface area contributed by atoms with E-state index in [1.165, 1.54) is 17.5 Å². The third-order valence-corrected chi connectivity index (χ3v) is 6.93. The highest BCUT2D eigenvalue weighted by molar-refractivity contribution is 5.79. The highest BCUT2D eigenvalue weighted by atomic mass is 16.2. The number of hydrogen-bond acceptors (Lipinski definition) is 2. The van der Waals surface area contributed by atoms with Crippen LogP contribution >= 0.6 is 0 Å². The highest BCUT2D eigenvalue weighted by Crippen LogP contribution is 2.25. The Kier molecular flexibility index (Phi) is 7.58. The van der Waals surface area contributed by atoms with Crippen LogP contribution in [0.3, 0.4) is 0 Å². The van der Waals surface area contributed by atoms with Crippen molar-refractivity contribution in [3.8, 4) is 0 Å². The zero-order chi connectivity index (χ0) is 20.6. The van der Waals surface area contributed by atoms with Gasteiger partial charge in [0.05, 0.1) is 5.92 Å². The molecule has 2 aromatic carbocycles. The third kappa shape index (κ3) is 5.95. The van der Waals surface area contributed by atoms with Gasteiger partial charge < -0.3 is 9.80 Å². The molecule has 2 aromatic rings. The first kappa shape index (κ1) is 21.1. The summed E-state index contributed by atoms with van der Waals surface area (Å²) in [7, 11) is 0. The van der Waals surface area contributed by atoms with Gasteiger partial charge in [-0.05, 0) is 75.1 Å². The summed E-state index contributed by atoms with van der Waals surface area (Å²) in [4.78, 5) is 17.8. The lowest BCUT2D eigenvalue weighted by Crippen LogP contribution is -2.47. The van der Waals surface area contributed by atoms with Crippen LogP contribution in [0.1, 0.15) is 43.2 Å². The minimum atomic E-state index is 0.209. The maximum absolute atomic E-state index is 13.2. The van der Waals surface area contributed by atoms with Crippen molar-refractivity contribution in [1.29, 1.82) is 0 Å². The monoisotopic (exact) mass is 404 g/mol. The molecule has 2 fully saturated rings. The van der Waals surface area contributed by atoms with E-state index in [0.29, 0.717) is 5.91 Å². The summed E-state index contributed by atoms with van der Waals surface area (Å²) in [6.07, 6.45) is 7.98. The lowest BCUT2D eigenvalue weighted by atomic mass is 9.89. The van der Waals surface area contributed by atoms with E-state index in [9.17, 15) is 4.79 Å². The van der Waals surface area contributed by atoms with Gasteiger partial charge in [-0.2, -0.15) is 0 Å². The molecule has 0 spiro atoms. The van der Waals surface area contributed by atoms with Crippen molar-refractivity contribution >= 4 is 5.91 Å². The molecule has 0 radical (unpaired) electrons. The van der Waals surface area contributed by atoms with Crippen molar-refractivity contribution in [2.75, 3.05) is 32.7 Å². The summed E-state index contributed by atoms with van der Waals surface area (Å²) in [6, 6.07) is 21.5. The Morgan fingerprint density at radius 2 is 1.50 bits per heavy atom. The summed E-state index contributed by atoms with van der Waals surface area (Å²) in [5.74, 6) is 1.35. The minimum Gasteiger partial charge on any atom is -0.342 e. The lowest BCUT2D eigenvalue weighted by molar-refractivity contribution is -0.138. The van der Waals surface area contributed by atoms with Crippen LogP contribution in [0.4, 0.5) is 0 Å². The second kappa shape index (κ2) is 10.8. The van der Waals surface area contributed by atoms with Gasteiger partial charge in [-0.1, -0.05) is 60.7 Å². The van der Waals surface area contributed by atoms with E-state index in [-0.39, 0.29) is 5.92 Å². The molecule has 1 unspecified atom stereocenters. The van der Waals surface area contributed by atoms with E-state index < -0.39 is 0 Å². The average Bonchev–Trinajstić information content (AvgIpc) is 2.81. The number of aryl methyl sites for hydroxylation is 1. The van der Waals surface area contributed by atoms with Crippen LogP contribution < -0.4 is 0 Å². The topological polar surface area (TPSA) is 23.6 Å². The molecule has 0 bridgehead atoms. The van der Waals surface area contributed by atoms with Gasteiger partial charge in [0.25, 0.3) is 0 Å². The van der Waals surface area contributed by atoms with Gasteiger partial charge in [0.15, 0.2) is 0 Å². The molecule has 3 heteroatoms. The molecule has 30 heavy (non-hydrogen) atoms. The van der Waals surface area contributed by atoms with E-state index in [2.05, 4.69) is 70.5 Å². The molecule has 0 N–H and O–H groups in total. The Hall–Kier alpha value is -2.13. The summed E-state index contributed by atoms with van der Waals surface area (Å²) >= 11 is 0. The van der Waals surface area contributed by atoms with Crippen LogP contribution in [0.15, 0.2) is 60.7 Å². The standard InChI is InChI=1S/C27H36N2O/c30-27(29-19-15-25(16-20-29)21-24-11-5-2-6-12-24)26-14-8-18-28(22-26)17-7-13-23-9-3-1-4-10-23/h1-6,9-12,25-26H,7-8,13-22H2. The largest absolute Gasteiger partial charge is 0.342 e. The van der Waals surface area contributed by atoms with E-state index in [1.54, 1.807) is 0 Å². The number of amides is 1. The number of likely N-dealkylation sites (tertiary alicyclic amines) is 2. The van der Waals surface area contributed by atoms with Gasteiger partial charge in [0.2, 0.25) is 5.91 Å². The molecule has 1 atom stereocenters. The highest BCUT2D eigenvalue weighted by Gasteiger charge is 2.31. The van der Waals surface area contributed by atoms with Crippen LogP contribution in [0.2, 0.25) is 0 Å². The number of nitrogens with zero attached hydrogens (tertiary/aromatic N) is 2. The van der Waals surface area contributed by atoms with Crippen molar-refractivity contribution in [2.45, 2.75) is 44.9 Å². The predicted octanol–water partition coefficient (Wildman–Crippen LogP) is 4.81. The van der Waals surface area contributed by atoms with E-state index in [4.69, 9.17) is 0 Å². The zero-order valence-corrected chi connectivity index (χ0v) is 18.2. The molecule has 0 aliphatic carbocycles. The number of benzene rings is 2. The van der Waals surface area contributed by atoms with Crippen molar-refractivity contribution in [2.24, 2.45) is 11.8 Å². The van der Waals surface area contributed by atoms with Crippen molar-refractivity contribution < 1.29 is 4.79 Å². The maximum Gasteiger partial charge on any atom is 0.226 e. The molecule has 0 aromatic heterocycles. The molecule has 2 saturated heterocycles. The van der Waals surface area contributed by atoms with Gasteiger partial charge in [-0.3, -0.25) is 4.79 Å². The molecule has 3 nitrogen and oxygen atoms in total. The summed E-state index contributed by atoms with van der Waals surface area (Å²) in [6.45, 7) is 5.11. The first-order chi connectivity index (χ1) is 14.8. The number of carbonyl (C=O) groups is 1. The first-order valence-corrected chi connectivity index (χ1v) is 11.9. The Morgan fingerprint density at radius 1 is 0.833 bits per heavy atom. The molecule has 0 saturated carbocycles. The quantitative estimate of drug-likeness (QED) is 0.661. The number of piperidine rings is 2. The predicted molar refractivity (Wildman–Crippen MR) is 123 cm³/mol. The van der Waals surface area contributed by atoms with Gasteiger partial charge in [-0.15, -0.1) is 0 Å². The summed E-state index contributed by atoms with van der Waals surface area (Å²) < 4.78 is 0. The smallest absolute Gasteiger partial charge is 0.226 e. The van der Waals surface area contributed by atoms with Crippen LogP contribution in [0, 0.1) is 11.8 Å². The molecule has 1 amide bonds. The Morgan fingerprint density at radius 3 is 2.20 bits per heavy atom. The van der Waals surface area contributed by atoms with Gasteiger partial charge in [0.1, 0.15) is 0 Å². The normalized spacial score (nSPS) is 20.9. The summed E-state index contributed by atoms with van der Waals surface area (Å²) in [5.41, 5.74) is 2.85. The van der Waals surface area contributed by atoms with Gasteiger partial charge in [0, 0.05) is 19.6 Å². The SMILES string of the molecule is O=C(C1CCCN(CCCc2ccccc2)C1)N1CCC(Cc2ccccc2)CC1. The molecule has 160 valence electrons. The van der Waals surface area contributed by atoms with Crippen molar-refractivity contribution in [3.63, 3.8) is 0 Å². The molecule has 2 aliphatic heterocycles. The van der Waals surface area contributed by atoms with E-state index in [1.807, 2.05) is 0 Å². The lowest BCUT2D eigenvalue weighted by Gasteiger charge is -2.38. The molecule has 4 rings (SSSR count). The fraction of sp³-hybridized carbons (Fsp3) is 0.519. The minimum absolute atomic E-state index is 0.209. The maximum atomic E-state index is 13.2. The second-order valence-corrected chi connectivity index (χ2v) is 9.19. The van der Waals surface area contributed by atoms with Crippen LogP contribution in [0.25, 0.3) is 0 Å². The third-order valence-electron chi connectivity index (χ3n) is 6.93. The average molecular weight is 405 g/mol. The Labute approximate surface area is 182 Å². The van der Waals surface area contributed by atoms with Crippen molar-refractivity contribution in [1.82, 2.24) is 9.80 Å². The fourth-order valence-corrected chi connectivity index (χ4v) is 5.17. The van der Waals surface area contributed by atoms with E-state index in [0.717, 1.165) is 77.2 Å². The second-order valence-electron chi connectivity index (χ2n) is 9.19. The van der Waals surface area contributed by atoms with E-state index >= 15 is 0 Å². The summed E-state index contributed by atoms with van der Waals surface area (Å²) in [5, 5.41) is 0. The number of rotatable bonds is 7. The van der Waals surface area contributed by atoms with Crippen LogP contribution in [-0.4, -0.2) is 48.4 Å². The molecular weight excluding hydrogens is 368 g/mol. The Bertz CT molecular complexity index is 768. The number of carbonyl (C=O) groups excluding carboxylic acids is 1. The zero-order valence-electron chi connectivity index (χ0n) is 18.2. The van der Waals surface area contributed by atoms with Crippen molar-refractivity contribution in [3.05, 3.63) is 71.8 Å². The van der Waals surface area contributed by atoms with Gasteiger partial charge in [-0.25, -0.2) is 0 Å².